The van der Waals surface area contributed by atoms with Crippen LogP contribution in [-0.4, -0.2) is 59.1 Å². The maximum atomic E-state index is 12.5. The van der Waals surface area contributed by atoms with E-state index in [-0.39, 0.29) is 52.7 Å². The summed E-state index contributed by atoms with van der Waals surface area (Å²) in [5, 5.41) is 34.4. The Morgan fingerprint density at radius 2 is 1.00 bits per heavy atom. The predicted molar refractivity (Wildman–Crippen MR) is 269 cm³/mol. The third-order valence-corrected chi connectivity index (χ3v) is 15.2. The number of hydrogen-bond acceptors (Lipinski definition) is 8. The molecule has 0 aliphatic rings. The van der Waals surface area contributed by atoms with E-state index in [1.165, 1.54) is 4.68 Å². The minimum Gasteiger partial charge on any atom is -0.384 e. The average molecular weight is 1040 g/mol. The molecule has 0 fully saturated rings. The first-order valence-corrected chi connectivity index (χ1v) is 26.2. The SMILES string of the molecule is CC(C)(O)c1cc(-c2ccc(-c3cccc(S(C)(=O)=O)c3)cc2)n(-c2c(Cl)ccc(CC(C)(O)c3nn(-c4c(Cl)cccc4Cl)c(-c4ccc(-c5cccc(S(C)(=O)=O)c5)cc4)c3Cl)c2Cl)n1. The van der Waals surface area contributed by atoms with Gasteiger partial charge in [0.2, 0.25) is 0 Å². The van der Waals surface area contributed by atoms with E-state index in [1.54, 1.807) is 110 Å². The van der Waals surface area contributed by atoms with Gasteiger partial charge in [0.15, 0.2) is 19.7 Å². The first-order valence-electron chi connectivity index (χ1n) is 20.5. The Morgan fingerprint density at radius 3 is 1.51 bits per heavy atom. The van der Waals surface area contributed by atoms with Crippen molar-refractivity contribution in [2.45, 2.75) is 48.2 Å². The Balaban J connectivity index is 1.20. The van der Waals surface area contributed by atoms with Crippen LogP contribution in [0.1, 0.15) is 37.7 Å². The quantitative estimate of drug-likeness (QED) is 0.123. The zero-order valence-corrected chi connectivity index (χ0v) is 41.8. The first-order chi connectivity index (χ1) is 31.4. The second-order valence-corrected chi connectivity index (χ2v) is 23.0. The van der Waals surface area contributed by atoms with E-state index < -0.39 is 30.9 Å². The topological polar surface area (TPSA) is 144 Å². The predicted octanol–water partition coefficient (Wildman–Crippen LogP) is 12.5. The number of sulfone groups is 2. The lowest BCUT2D eigenvalue weighted by Crippen LogP contribution is -2.26. The van der Waals surface area contributed by atoms with Crippen molar-refractivity contribution in [1.82, 2.24) is 19.6 Å². The Labute approximate surface area is 413 Å². The summed E-state index contributed by atoms with van der Waals surface area (Å²) in [5.41, 5.74) is 3.46. The number of aromatic nitrogens is 4. The molecule has 1 atom stereocenters. The van der Waals surface area contributed by atoms with Gasteiger partial charge in [0, 0.05) is 30.1 Å². The van der Waals surface area contributed by atoms with Gasteiger partial charge in [0.1, 0.15) is 28.3 Å². The van der Waals surface area contributed by atoms with Crippen LogP contribution in [0.4, 0.5) is 0 Å². The molecule has 0 aliphatic heterocycles. The van der Waals surface area contributed by atoms with Gasteiger partial charge in [-0.05, 0) is 97.1 Å². The fourth-order valence-corrected chi connectivity index (χ4v) is 10.7. The molecule has 10 nitrogen and oxygen atoms in total. The van der Waals surface area contributed by atoms with Gasteiger partial charge in [-0.1, -0.05) is 143 Å². The monoisotopic (exact) mass is 1030 g/mol. The summed E-state index contributed by atoms with van der Waals surface area (Å²) < 4.78 is 52.2. The lowest BCUT2D eigenvalue weighted by molar-refractivity contribution is 0.0527. The number of para-hydroxylation sites is 1. The zero-order valence-electron chi connectivity index (χ0n) is 36.4. The summed E-state index contributed by atoms with van der Waals surface area (Å²) in [6, 6.07) is 38.1. The summed E-state index contributed by atoms with van der Waals surface area (Å²) in [4.78, 5) is 0.393. The van der Waals surface area contributed by atoms with Crippen LogP contribution in [0.2, 0.25) is 25.1 Å². The van der Waals surface area contributed by atoms with Gasteiger partial charge in [0.05, 0.1) is 52.0 Å². The summed E-state index contributed by atoms with van der Waals surface area (Å²) >= 11 is 35.1. The van der Waals surface area contributed by atoms with Crippen molar-refractivity contribution in [3.63, 3.8) is 0 Å². The molecule has 0 radical (unpaired) electrons. The molecule has 67 heavy (non-hydrogen) atoms. The van der Waals surface area contributed by atoms with Crippen LogP contribution in [0.3, 0.4) is 0 Å². The van der Waals surface area contributed by atoms with Crippen LogP contribution < -0.4 is 0 Å². The molecular formula is C50H41Cl5N4O6S2. The third-order valence-electron chi connectivity index (χ3n) is 11.2. The van der Waals surface area contributed by atoms with E-state index in [1.807, 2.05) is 48.5 Å². The van der Waals surface area contributed by atoms with E-state index in [0.717, 1.165) is 23.6 Å². The van der Waals surface area contributed by atoms with Gasteiger partial charge in [-0.25, -0.2) is 26.2 Å². The molecule has 8 rings (SSSR count). The van der Waals surface area contributed by atoms with E-state index in [0.29, 0.717) is 50.6 Å². The van der Waals surface area contributed by atoms with E-state index in [4.69, 9.17) is 68.2 Å². The lowest BCUT2D eigenvalue weighted by Gasteiger charge is -2.23. The minimum absolute atomic E-state index is 0.0870. The van der Waals surface area contributed by atoms with Gasteiger partial charge in [0.25, 0.3) is 0 Å². The number of nitrogens with zero attached hydrogens (tertiary/aromatic N) is 4. The normalized spacial score (nSPS) is 13.2. The van der Waals surface area contributed by atoms with Crippen LogP contribution in [0.5, 0.6) is 0 Å². The van der Waals surface area contributed by atoms with Crippen molar-refractivity contribution < 1.29 is 27.0 Å². The number of rotatable bonds is 12. The smallest absolute Gasteiger partial charge is 0.175 e. The summed E-state index contributed by atoms with van der Waals surface area (Å²) in [5.74, 6) is 0. The Bertz CT molecular complexity index is 3440. The summed E-state index contributed by atoms with van der Waals surface area (Å²) in [6.45, 7) is 4.78. The van der Waals surface area contributed by atoms with Gasteiger partial charge >= 0.3 is 0 Å². The van der Waals surface area contributed by atoms with Crippen molar-refractivity contribution in [3.05, 3.63) is 176 Å². The Hall–Kier alpha value is -4.99. The second kappa shape index (κ2) is 18.2. The molecule has 0 saturated heterocycles. The highest BCUT2D eigenvalue weighted by molar-refractivity contribution is 7.91. The number of benzene rings is 6. The van der Waals surface area contributed by atoms with Crippen LogP contribution in [0.25, 0.3) is 56.1 Å². The second-order valence-electron chi connectivity index (χ2n) is 17.0. The van der Waals surface area contributed by atoms with Gasteiger partial charge in [-0.15, -0.1) is 0 Å². The van der Waals surface area contributed by atoms with Crippen LogP contribution in [0.15, 0.2) is 143 Å². The molecule has 344 valence electrons. The molecule has 2 heterocycles. The molecule has 2 aromatic heterocycles. The third kappa shape index (κ3) is 9.83. The lowest BCUT2D eigenvalue weighted by atomic mass is 9.92. The first kappa shape index (κ1) is 48.5. The molecule has 1 unspecified atom stereocenters. The minimum atomic E-state index is -3.44. The molecule has 0 spiro atoms. The maximum Gasteiger partial charge on any atom is 0.175 e. The van der Waals surface area contributed by atoms with Crippen molar-refractivity contribution in [3.8, 4) is 56.1 Å². The molecule has 0 bridgehead atoms. The highest BCUT2D eigenvalue weighted by Crippen LogP contribution is 2.44. The van der Waals surface area contributed by atoms with Gasteiger partial charge < -0.3 is 10.2 Å². The molecule has 17 heteroatoms. The van der Waals surface area contributed by atoms with E-state index in [2.05, 4.69) is 0 Å². The number of hydrogen-bond donors (Lipinski definition) is 2. The fraction of sp³-hybridized carbons (Fsp3) is 0.160. The molecule has 6 aromatic carbocycles. The summed E-state index contributed by atoms with van der Waals surface area (Å²) in [6.07, 6.45) is 2.20. The Morgan fingerprint density at radius 1 is 0.522 bits per heavy atom. The van der Waals surface area contributed by atoms with Crippen molar-refractivity contribution in [2.75, 3.05) is 12.5 Å². The molecular weight excluding hydrogens is 994 g/mol. The van der Waals surface area contributed by atoms with Crippen molar-refractivity contribution >= 4 is 77.7 Å². The van der Waals surface area contributed by atoms with Crippen LogP contribution >= 0.6 is 58.0 Å². The number of aliphatic hydroxyl groups is 2. The molecule has 2 N–H and O–H groups in total. The molecule has 0 amide bonds. The Kier molecular flexibility index (Phi) is 13.1. The highest BCUT2D eigenvalue weighted by atomic mass is 35.5. The van der Waals surface area contributed by atoms with E-state index >= 15 is 0 Å². The van der Waals surface area contributed by atoms with Crippen molar-refractivity contribution in [1.29, 1.82) is 0 Å². The van der Waals surface area contributed by atoms with Crippen molar-refractivity contribution in [2.24, 2.45) is 0 Å². The van der Waals surface area contributed by atoms with E-state index in [9.17, 15) is 27.0 Å². The zero-order chi connectivity index (χ0) is 48.4. The molecule has 0 aliphatic carbocycles. The van der Waals surface area contributed by atoms with Crippen LogP contribution in [-0.2, 0) is 37.3 Å². The summed E-state index contributed by atoms with van der Waals surface area (Å²) in [7, 11) is -6.87. The molecule has 8 aromatic rings. The number of halogens is 5. The van der Waals surface area contributed by atoms with Gasteiger partial charge in [-0.2, -0.15) is 10.2 Å². The highest BCUT2D eigenvalue weighted by Gasteiger charge is 2.35. The maximum absolute atomic E-state index is 12.5. The standard InChI is InChI=1S/C50H41Cl5N4O6S2/c1-49(2,60)42-27-41(31-19-15-29(16-20-31)33-9-6-11-36(25-33)66(4,62)63)58(56-42)47-40(53)24-23-35(43(47)54)28-50(3,61)48-44(55)45(59(57-48)46-38(51)13-8-14-39(46)52)32-21-17-30(18-22-32)34-10-7-12-37(26-34)67(5,64)65/h6-27,60-61H,28H2,1-5H3. The fourth-order valence-electron chi connectivity index (χ4n) is 7.74. The van der Waals surface area contributed by atoms with Gasteiger partial charge in [-0.3, -0.25) is 0 Å². The average Bonchev–Trinajstić information content (AvgIpc) is 3.87. The van der Waals surface area contributed by atoms with Crippen LogP contribution in [0, 0.1) is 0 Å². The molecule has 0 saturated carbocycles. The largest absolute Gasteiger partial charge is 0.384 e.